The van der Waals surface area contributed by atoms with E-state index in [2.05, 4.69) is 33.0 Å². The molecule has 8 nitrogen and oxygen atoms in total. The summed E-state index contributed by atoms with van der Waals surface area (Å²) in [6.07, 6.45) is 8.26. The zero-order valence-corrected chi connectivity index (χ0v) is 19.6. The van der Waals surface area contributed by atoms with E-state index in [9.17, 15) is 0 Å². The summed E-state index contributed by atoms with van der Waals surface area (Å²) in [6.45, 7) is 3.93. The van der Waals surface area contributed by atoms with Crippen molar-refractivity contribution in [2.45, 2.75) is 76.6 Å². The van der Waals surface area contributed by atoms with Gasteiger partial charge < -0.3 is 24.7 Å². The molecule has 2 aliphatic rings. The second kappa shape index (κ2) is 10.3. The Labute approximate surface area is 190 Å². The Bertz CT molecular complexity index is 896. The van der Waals surface area contributed by atoms with Crippen LogP contribution in [0.4, 0.5) is 0 Å². The number of aromatic nitrogens is 3. The van der Waals surface area contributed by atoms with E-state index in [1.165, 1.54) is 32.1 Å². The quantitative estimate of drug-likeness (QED) is 0.530. The van der Waals surface area contributed by atoms with Crippen molar-refractivity contribution in [3.8, 4) is 5.75 Å². The molecule has 4 rings (SSSR count). The molecule has 0 radical (unpaired) electrons. The highest BCUT2D eigenvalue weighted by molar-refractivity contribution is 5.80. The number of benzene rings is 1. The van der Waals surface area contributed by atoms with Crippen molar-refractivity contribution in [1.82, 2.24) is 25.4 Å². The van der Waals surface area contributed by atoms with Gasteiger partial charge in [0.1, 0.15) is 11.6 Å². The maximum absolute atomic E-state index is 6.28. The molecule has 174 valence electrons. The Morgan fingerprint density at radius 1 is 1.22 bits per heavy atom. The Morgan fingerprint density at radius 3 is 2.69 bits per heavy atom. The van der Waals surface area contributed by atoms with Crippen LogP contribution in [-0.4, -0.2) is 46.1 Å². The van der Waals surface area contributed by atoms with E-state index in [-0.39, 0.29) is 5.60 Å². The first kappa shape index (κ1) is 22.6. The van der Waals surface area contributed by atoms with Gasteiger partial charge in [0.25, 0.3) is 0 Å². The molecule has 1 aromatic carbocycles. The first-order valence-corrected chi connectivity index (χ1v) is 11.7. The first-order valence-electron chi connectivity index (χ1n) is 11.7. The summed E-state index contributed by atoms with van der Waals surface area (Å²) in [5, 5.41) is 15.6. The average Bonchev–Trinajstić information content (AvgIpc) is 3.14. The SMILES string of the molecule is COc1ccc(CN=C(NCc2nnc(C)n2C)NC2CCOC3(CCCCC3)C2)cc1. The molecule has 8 heteroatoms. The lowest BCUT2D eigenvalue weighted by Crippen LogP contribution is -2.52. The fourth-order valence-corrected chi connectivity index (χ4v) is 4.71. The summed E-state index contributed by atoms with van der Waals surface area (Å²) in [5.41, 5.74) is 1.19. The normalized spacial score (nSPS) is 20.8. The number of nitrogens with zero attached hydrogens (tertiary/aromatic N) is 4. The molecule has 1 aliphatic carbocycles. The summed E-state index contributed by atoms with van der Waals surface area (Å²) >= 11 is 0. The number of aliphatic imine (C=N–C) groups is 1. The Balaban J connectivity index is 1.44. The summed E-state index contributed by atoms with van der Waals surface area (Å²) in [5.74, 6) is 3.44. The van der Waals surface area contributed by atoms with Crippen molar-refractivity contribution in [1.29, 1.82) is 0 Å². The van der Waals surface area contributed by atoms with Crippen LogP contribution in [0.2, 0.25) is 0 Å². The lowest BCUT2D eigenvalue weighted by atomic mass is 9.78. The van der Waals surface area contributed by atoms with E-state index in [4.69, 9.17) is 14.5 Å². The van der Waals surface area contributed by atoms with Gasteiger partial charge in [-0.3, -0.25) is 0 Å². The van der Waals surface area contributed by atoms with Crippen LogP contribution in [0, 0.1) is 6.92 Å². The molecule has 1 aliphatic heterocycles. The van der Waals surface area contributed by atoms with Crippen LogP contribution in [0.15, 0.2) is 29.3 Å². The monoisotopic (exact) mass is 440 g/mol. The van der Waals surface area contributed by atoms with Crippen LogP contribution in [-0.2, 0) is 24.9 Å². The van der Waals surface area contributed by atoms with Gasteiger partial charge in [-0.25, -0.2) is 4.99 Å². The van der Waals surface area contributed by atoms with E-state index in [1.54, 1.807) is 7.11 Å². The lowest BCUT2D eigenvalue weighted by molar-refractivity contribution is -0.107. The van der Waals surface area contributed by atoms with Crippen molar-refractivity contribution in [3.63, 3.8) is 0 Å². The predicted molar refractivity (Wildman–Crippen MR) is 125 cm³/mol. The molecule has 1 saturated heterocycles. The van der Waals surface area contributed by atoms with Crippen molar-refractivity contribution in [2.24, 2.45) is 12.0 Å². The molecular weight excluding hydrogens is 404 g/mol. The standard InChI is InChI=1S/C24H36N6O2/c1-18-28-29-22(30(18)2)17-26-23(25-16-19-7-9-21(31-3)10-8-19)27-20-11-14-32-24(15-20)12-5-4-6-13-24/h7-10,20H,4-6,11-17H2,1-3H3,(H2,25,26,27). The van der Waals surface area contributed by atoms with Crippen LogP contribution in [0.5, 0.6) is 5.75 Å². The topological polar surface area (TPSA) is 85.6 Å². The third-order valence-corrected chi connectivity index (χ3v) is 6.77. The molecule has 1 saturated carbocycles. The van der Waals surface area contributed by atoms with E-state index >= 15 is 0 Å². The van der Waals surface area contributed by atoms with Crippen molar-refractivity contribution >= 4 is 5.96 Å². The molecule has 2 fully saturated rings. The highest BCUT2D eigenvalue weighted by atomic mass is 16.5. The molecule has 1 atom stereocenters. The smallest absolute Gasteiger partial charge is 0.192 e. The highest BCUT2D eigenvalue weighted by Gasteiger charge is 2.38. The molecule has 1 spiro atoms. The zero-order chi connectivity index (χ0) is 22.4. The zero-order valence-electron chi connectivity index (χ0n) is 19.6. The number of guanidine groups is 1. The minimum atomic E-state index is 0.0516. The number of aryl methyl sites for hydroxylation is 1. The number of methoxy groups -OCH3 is 1. The molecule has 1 unspecified atom stereocenters. The summed E-state index contributed by atoms with van der Waals surface area (Å²) in [4.78, 5) is 4.88. The Hall–Kier alpha value is -2.61. The molecular formula is C24H36N6O2. The largest absolute Gasteiger partial charge is 0.497 e. The van der Waals surface area contributed by atoms with Gasteiger partial charge in [0.15, 0.2) is 11.8 Å². The number of nitrogens with one attached hydrogen (secondary N) is 2. The van der Waals surface area contributed by atoms with E-state index in [0.29, 0.717) is 19.1 Å². The maximum atomic E-state index is 6.28. The number of hydrogen-bond donors (Lipinski definition) is 2. The van der Waals surface area contributed by atoms with Gasteiger partial charge in [0, 0.05) is 19.7 Å². The third kappa shape index (κ3) is 5.59. The van der Waals surface area contributed by atoms with Gasteiger partial charge >= 0.3 is 0 Å². The van der Waals surface area contributed by atoms with Gasteiger partial charge in [-0.1, -0.05) is 31.4 Å². The van der Waals surface area contributed by atoms with Gasteiger partial charge in [-0.2, -0.15) is 0 Å². The fraction of sp³-hybridized carbons (Fsp3) is 0.625. The molecule has 2 N–H and O–H groups in total. The fourth-order valence-electron chi connectivity index (χ4n) is 4.71. The third-order valence-electron chi connectivity index (χ3n) is 6.77. The molecule has 1 aromatic heterocycles. The number of hydrogen-bond acceptors (Lipinski definition) is 5. The van der Waals surface area contributed by atoms with E-state index in [0.717, 1.165) is 48.4 Å². The molecule has 2 aromatic rings. The lowest BCUT2D eigenvalue weighted by Gasteiger charge is -2.44. The number of ether oxygens (including phenoxy) is 2. The van der Waals surface area contributed by atoms with Crippen LogP contribution < -0.4 is 15.4 Å². The summed E-state index contributed by atoms with van der Waals surface area (Å²) in [7, 11) is 3.67. The minimum absolute atomic E-state index is 0.0516. The summed E-state index contributed by atoms with van der Waals surface area (Å²) in [6, 6.07) is 8.40. The Kier molecular flexibility index (Phi) is 7.29. The van der Waals surface area contributed by atoms with Crippen LogP contribution in [0.25, 0.3) is 0 Å². The maximum Gasteiger partial charge on any atom is 0.192 e. The van der Waals surface area contributed by atoms with Crippen molar-refractivity contribution in [2.75, 3.05) is 13.7 Å². The number of rotatable bonds is 6. The van der Waals surface area contributed by atoms with Gasteiger partial charge in [0.05, 0.1) is 25.8 Å². The molecule has 32 heavy (non-hydrogen) atoms. The predicted octanol–water partition coefficient (Wildman–Crippen LogP) is 3.25. The van der Waals surface area contributed by atoms with Crippen LogP contribution >= 0.6 is 0 Å². The van der Waals surface area contributed by atoms with Gasteiger partial charge in [-0.15, -0.1) is 10.2 Å². The van der Waals surface area contributed by atoms with Crippen molar-refractivity contribution in [3.05, 3.63) is 41.5 Å². The average molecular weight is 441 g/mol. The summed E-state index contributed by atoms with van der Waals surface area (Å²) < 4.78 is 13.5. The first-order chi connectivity index (χ1) is 15.6. The van der Waals surface area contributed by atoms with E-state index < -0.39 is 0 Å². The van der Waals surface area contributed by atoms with E-state index in [1.807, 2.05) is 30.7 Å². The second-order valence-electron chi connectivity index (χ2n) is 9.02. The van der Waals surface area contributed by atoms with Gasteiger partial charge in [0.2, 0.25) is 0 Å². The van der Waals surface area contributed by atoms with Crippen molar-refractivity contribution < 1.29 is 9.47 Å². The highest BCUT2D eigenvalue weighted by Crippen LogP contribution is 2.38. The molecule has 0 amide bonds. The second-order valence-corrected chi connectivity index (χ2v) is 9.02. The molecule has 0 bridgehead atoms. The molecule has 2 heterocycles. The van der Waals surface area contributed by atoms with Gasteiger partial charge in [-0.05, 0) is 50.3 Å². The minimum Gasteiger partial charge on any atom is -0.497 e. The van der Waals surface area contributed by atoms with Crippen LogP contribution in [0.1, 0.15) is 62.2 Å². The Morgan fingerprint density at radius 2 is 2.00 bits per heavy atom. The van der Waals surface area contributed by atoms with Crippen LogP contribution in [0.3, 0.4) is 0 Å².